The molecule has 0 aromatic heterocycles. The third kappa shape index (κ3) is 10.7. The third-order valence-electron chi connectivity index (χ3n) is 12.9. The second-order valence-electron chi connectivity index (χ2n) is 17.3. The first-order valence-corrected chi connectivity index (χ1v) is 20.7. The van der Waals surface area contributed by atoms with Crippen molar-refractivity contribution in [2.75, 3.05) is 20.8 Å². The molecule has 14 atom stereocenters. The molecule has 12 nitrogen and oxygen atoms in total. The molecule has 4 aliphatic rings. The maximum atomic E-state index is 14.3. The van der Waals surface area contributed by atoms with E-state index in [0.29, 0.717) is 62.5 Å². The van der Waals surface area contributed by atoms with Crippen LogP contribution in [0.3, 0.4) is 0 Å². The van der Waals surface area contributed by atoms with Gasteiger partial charge in [0.15, 0.2) is 5.78 Å². The number of nitrogens with zero attached hydrogens (tertiary/aromatic N) is 1. The van der Waals surface area contributed by atoms with E-state index in [1.807, 2.05) is 32.9 Å². The zero-order valence-corrected chi connectivity index (χ0v) is 34.7. The molecule has 3 unspecified atom stereocenters. The van der Waals surface area contributed by atoms with Gasteiger partial charge in [0.2, 0.25) is 5.79 Å². The van der Waals surface area contributed by atoms with Gasteiger partial charge in [0, 0.05) is 39.0 Å². The fraction of sp³-hybridized carbons (Fsp3) is 0.814. The van der Waals surface area contributed by atoms with Crippen molar-refractivity contribution in [3.8, 4) is 0 Å². The number of ether oxygens (including phenoxy) is 4. The van der Waals surface area contributed by atoms with E-state index in [1.54, 1.807) is 28.1 Å². The number of methoxy groups -OCH3 is 2. The minimum atomic E-state index is -2.42. The molecule has 4 rings (SSSR count). The van der Waals surface area contributed by atoms with Crippen LogP contribution in [0.5, 0.6) is 0 Å². The summed E-state index contributed by atoms with van der Waals surface area (Å²) in [7, 11) is 3.14. The van der Waals surface area contributed by atoms with Gasteiger partial charge in [0.25, 0.3) is 11.7 Å². The number of Topliss-reactive ketones (excluding diaryl/α,β-unsaturated/α-hetero) is 2. The van der Waals surface area contributed by atoms with Crippen molar-refractivity contribution in [2.45, 2.75) is 168 Å². The van der Waals surface area contributed by atoms with Crippen molar-refractivity contribution < 1.29 is 53.4 Å². The number of aliphatic hydroxyl groups excluding tert-OH is 2. The Morgan fingerprint density at radius 1 is 0.927 bits per heavy atom. The lowest BCUT2D eigenvalue weighted by molar-refractivity contribution is -0.294. The Morgan fingerprint density at radius 2 is 1.62 bits per heavy atom. The SMILES string of the molecule is CCC1=CC(C)C[C@H](C)C[C@H](C)[C@H]2O[C@@](O)(C(=O)C(=O)N3CCCCC3C(=O)O[C@H](C(C)=C[C@@H]3CC[C@@H](O)[C@H](OC)C3)[C@H](C)[C@@H](O)CC1=O)[C@H](C)CC2OC. The monoisotopic (exact) mass is 775 g/mol. The topological polar surface area (TPSA) is 169 Å². The summed E-state index contributed by atoms with van der Waals surface area (Å²) < 4.78 is 23.9. The van der Waals surface area contributed by atoms with Crippen LogP contribution < -0.4 is 0 Å². The maximum absolute atomic E-state index is 14.3. The van der Waals surface area contributed by atoms with Gasteiger partial charge in [-0.2, -0.15) is 0 Å². The second kappa shape index (κ2) is 19.8. The van der Waals surface area contributed by atoms with Crippen molar-refractivity contribution >= 4 is 23.4 Å². The average molecular weight is 776 g/mol. The molecule has 12 heteroatoms. The van der Waals surface area contributed by atoms with Gasteiger partial charge in [-0.25, -0.2) is 4.79 Å². The van der Waals surface area contributed by atoms with E-state index >= 15 is 0 Å². The van der Waals surface area contributed by atoms with Crippen molar-refractivity contribution in [2.24, 2.45) is 35.5 Å². The normalized spacial score (nSPS) is 41.2. The van der Waals surface area contributed by atoms with Crippen LogP contribution in [-0.2, 0) is 38.1 Å². The van der Waals surface area contributed by atoms with Gasteiger partial charge in [-0.05, 0) is 106 Å². The summed E-state index contributed by atoms with van der Waals surface area (Å²) in [5, 5.41) is 34.0. The number of carbonyl (C=O) groups excluding carboxylic acids is 4. The standard InChI is InChI=1S/C43H69NO11/c1-10-31-19-25(3)17-24(2)18-26(4)39-37(53-9)21-28(6)43(51,55-39)40(48)41(49)44-16-12-11-13-32(44)42(50)54-38(29(7)34(46)23-35(31)47)27(5)20-30-14-15-33(45)36(22-30)52-8/h19-20,24-26,28-30,32-34,36-39,45-46,51H,10-18,21-23H2,1-9H3/t24-,25?,26-,28+,29+,30-,32?,33+,34-,36+,37?,38+,39+,43+/m0/s1. The molecule has 3 aliphatic heterocycles. The third-order valence-corrected chi connectivity index (χ3v) is 12.9. The van der Waals surface area contributed by atoms with E-state index < -0.39 is 71.8 Å². The molecule has 3 fully saturated rings. The van der Waals surface area contributed by atoms with Crippen LogP contribution in [0.25, 0.3) is 0 Å². The summed E-state index contributed by atoms with van der Waals surface area (Å²) in [6.45, 7) is 13.5. The molecule has 3 N–H and O–H groups in total. The summed E-state index contributed by atoms with van der Waals surface area (Å²) in [6, 6.07) is -1.11. The molecule has 1 aliphatic carbocycles. The Balaban J connectivity index is 1.75. The van der Waals surface area contributed by atoms with Crippen LogP contribution in [0.1, 0.15) is 119 Å². The van der Waals surface area contributed by atoms with E-state index in [-0.39, 0.29) is 54.9 Å². The lowest BCUT2D eigenvalue weighted by atomic mass is 9.79. The molecule has 0 aromatic rings. The average Bonchev–Trinajstić information content (AvgIpc) is 3.15. The van der Waals surface area contributed by atoms with Gasteiger partial charge in [0.1, 0.15) is 12.1 Å². The fourth-order valence-corrected chi connectivity index (χ4v) is 9.60. The lowest BCUT2D eigenvalue weighted by Gasteiger charge is -2.47. The highest BCUT2D eigenvalue weighted by molar-refractivity contribution is 6.39. The van der Waals surface area contributed by atoms with Gasteiger partial charge in [-0.3, -0.25) is 14.4 Å². The zero-order chi connectivity index (χ0) is 40.8. The maximum Gasteiger partial charge on any atom is 0.329 e. The van der Waals surface area contributed by atoms with Gasteiger partial charge in [-0.15, -0.1) is 0 Å². The van der Waals surface area contributed by atoms with E-state index in [9.17, 15) is 34.5 Å². The highest BCUT2D eigenvalue weighted by Gasteiger charge is 2.56. The van der Waals surface area contributed by atoms with Gasteiger partial charge >= 0.3 is 5.97 Å². The van der Waals surface area contributed by atoms with Gasteiger partial charge in [-0.1, -0.05) is 53.7 Å². The van der Waals surface area contributed by atoms with E-state index in [0.717, 1.165) is 6.42 Å². The first-order chi connectivity index (χ1) is 25.9. The predicted molar refractivity (Wildman–Crippen MR) is 206 cm³/mol. The van der Waals surface area contributed by atoms with Crippen molar-refractivity contribution in [1.82, 2.24) is 4.90 Å². The van der Waals surface area contributed by atoms with Crippen LogP contribution in [0.4, 0.5) is 0 Å². The van der Waals surface area contributed by atoms with E-state index in [2.05, 4.69) is 13.8 Å². The molecular formula is C43H69NO11. The Bertz CT molecular complexity index is 1410. The largest absolute Gasteiger partial charge is 0.456 e. The van der Waals surface area contributed by atoms with Crippen molar-refractivity contribution in [3.05, 3.63) is 23.3 Å². The molecule has 1 saturated carbocycles. The second-order valence-corrected chi connectivity index (χ2v) is 17.3. The number of cyclic esters (lactones) is 1. The van der Waals surface area contributed by atoms with Crippen molar-refractivity contribution in [3.63, 3.8) is 0 Å². The smallest absolute Gasteiger partial charge is 0.329 e. The first-order valence-electron chi connectivity index (χ1n) is 20.7. The Hall–Kier alpha value is -2.48. The minimum Gasteiger partial charge on any atom is -0.456 e. The number of esters is 1. The summed E-state index contributed by atoms with van der Waals surface area (Å²) in [5.41, 5.74) is 1.31. The van der Waals surface area contributed by atoms with Crippen LogP contribution >= 0.6 is 0 Å². The Morgan fingerprint density at radius 3 is 2.27 bits per heavy atom. The van der Waals surface area contributed by atoms with Gasteiger partial charge < -0.3 is 39.2 Å². The minimum absolute atomic E-state index is 0.00882. The number of allylic oxidation sites excluding steroid dienone is 3. The summed E-state index contributed by atoms with van der Waals surface area (Å²) in [6.07, 6.45) is 5.18. The summed E-state index contributed by atoms with van der Waals surface area (Å²) in [4.78, 5) is 57.5. The molecule has 2 bridgehead atoms. The molecule has 0 aromatic carbocycles. The molecule has 55 heavy (non-hydrogen) atoms. The number of carbonyl (C=O) groups is 4. The number of ketones is 2. The van der Waals surface area contributed by atoms with Crippen LogP contribution in [0, 0.1) is 35.5 Å². The Kier molecular flexibility index (Phi) is 16.3. The number of hydrogen-bond acceptors (Lipinski definition) is 11. The molecule has 312 valence electrons. The zero-order valence-electron chi connectivity index (χ0n) is 34.7. The highest BCUT2D eigenvalue weighted by Crippen LogP contribution is 2.40. The number of amides is 1. The molecule has 0 radical (unpaired) electrons. The van der Waals surface area contributed by atoms with Gasteiger partial charge in [0.05, 0.1) is 30.5 Å². The van der Waals surface area contributed by atoms with Crippen molar-refractivity contribution in [1.29, 1.82) is 0 Å². The number of piperidine rings is 1. The first kappa shape index (κ1) is 45.2. The molecule has 1 amide bonds. The lowest BCUT2D eigenvalue weighted by Crippen LogP contribution is -2.63. The van der Waals surface area contributed by atoms with Crippen LogP contribution in [0.2, 0.25) is 0 Å². The van der Waals surface area contributed by atoms with E-state index in [4.69, 9.17) is 18.9 Å². The number of rotatable bonds is 5. The number of hydrogen-bond donors (Lipinski definition) is 3. The molecular weight excluding hydrogens is 706 g/mol. The van der Waals surface area contributed by atoms with E-state index in [1.165, 1.54) is 4.90 Å². The Labute approximate surface area is 328 Å². The summed E-state index contributed by atoms with van der Waals surface area (Å²) in [5.74, 6) is -6.80. The number of aliphatic hydroxyl groups is 3. The molecule has 0 spiro atoms. The molecule has 3 heterocycles. The fourth-order valence-electron chi connectivity index (χ4n) is 9.60. The predicted octanol–water partition coefficient (Wildman–Crippen LogP) is 5.09. The van der Waals surface area contributed by atoms with Crippen LogP contribution in [-0.4, -0.2) is 113 Å². The van der Waals surface area contributed by atoms with Crippen LogP contribution in [0.15, 0.2) is 23.3 Å². The highest BCUT2D eigenvalue weighted by atomic mass is 16.7. The molecule has 2 saturated heterocycles. The number of fused-ring (bicyclic) bond motifs is 3. The quantitative estimate of drug-likeness (QED) is 0.193. The summed E-state index contributed by atoms with van der Waals surface area (Å²) >= 11 is 0.